The second kappa shape index (κ2) is 7.75. The first-order valence-electron chi connectivity index (χ1n) is 9.44. The average molecular weight is 413 g/mol. The Bertz CT molecular complexity index is 1100. The number of pyridine rings is 1. The molecule has 0 unspecified atom stereocenters. The van der Waals surface area contributed by atoms with E-state index in [0.717, 1.165) is 18.4 Å². The molecule has 1 aromatic carbocycles. The summed E-state index contributed by atoms with van der Waals surface area (Å²) in [5.41, 5.74) is 7.72. The highest BCUT2D eigenvalue weighted by Crippen LogP contribution is 2.32. The molecule has 2 heterocycles. The van der Waals surface area contributed by atoms with Gasteiger partial charge in [-0.15, -0.1) is 0 Å². The van der Waals surface area contributed by atoms with Gasteiger partial charge >= 0.3 is 12.0 Å². The maximum Gasteiger partial charge on any atom is 0.340 e. The fraction of sp³-hybridized carbons (Fsp3) is 0.286. The van der Waals surface area contributed by atoms with Gasteiger partial charge in [0.2, 0.25) is 0 Å². The zero-order chi connectivity index (χ0) is 20.5. The SMILES string of the molecule is Cc1cn(C(N)=O)c2c(Nc3cccc(Cl)c3)ncc(C(=O)OCC3CCC3)c12. The number of benzene rings is 1. The van der Waals surface area contributed by atoms with Crippen molar-refractivity contribution in [1.82, 2.24) is 9.55 Å². The standard InChI is InChI=1S/C21H21ClN4O3/c1-12-10-26(21(23)28)18-17(12)16(20(27)29-11-13-4-2-5-13)9-24-19(18)25-15-7-3-6-14(22)8-15/h3,6-10,13H,2,4-5,11H2,1H3,(H2,23,28)(H,24,25). The van der Waals surface area contributed by atoms with Crippen LogP contribution in [0.5, 0.6) is 0 Å². The summed E-state index contributed by atoms with van der Waals surface area (Å²) in [6.45, 7) is 2.21. The topological polar surface area (TPSA) is 99.2 Å². The molecule has 1 saturated carbocycles. The number of nitrogens with zero attached hydrogens (tertiary/aromatic N) is 2. The third kappa shape index (κ3) is 3.78. The summed E-state index contributed by atoms with van der Waals surface area (Å²) in [5.74, 6) is 0.376. The van der Waals surface area contributed by atoms with Crippen LogP contribution in [-0.2, 0) is 4.74 Å². The summed E-state index contributed by atoms with van der Waals surface area (Å²) in [6.07, 6.45) is 6.41. The minimum absolute atomic E-state index is 0.313. The maximum absolute atomic E-state index is 12.7. The Kier molecular flexibility index (Phi) is 5.15. The number of nitrogens with one attached hydrogen (secondary N) is 1. The highest BCUT2D eigenvalue weighted by Gasteiger charge is 2.24. The molecule has 8 heteroatoms. The van der Waals surface area contributed by atoms with E-state index in [1.807, 2.05) is 13.0 Å². The molecule has 7 nitrogen and oxygen atoms in total. The van der Waals surface area contributed by atoms with E-state index in [9.17, 15) is 9.59 Å². The first kappa shape index (κ1) is 19.3. The summed E-state index contributed by atoms with van der Waals surface area (Å²) >= 11 is 6.06. The minimum atomic E-state index is -0.668. The number of carbonyl (C=O) groups excluding carboxylic acids is 2. The van der Waals surface area contributed by atoms with Gasteiger partial charge < -0.3 is 15.8 Å². The van der Waals surface area contributed by atoms with Crippen LogP contribution in [0.4, 0.5) is 16.3 Å². The van der Waals surface area contributed by atoms with E-state index >= 15 is 0 Å². The van der Waals surface area contributed by atoms with Crippen molar-refractivity contribution in [2.75, 3.05) is 11.9 Å². The van der Waals surface area contributed by atoms with Crippen LogP contribution >= 0.6 is 11.6 Å². The molecule has 0 saturated heterocycles. The Morgan fingerprint density at radius 2 is 2.17 bits per heavy atom. The lowest BCUT2D eigenvalue weighted by Crippen LogP contribution is -2.21. The predicted octanol–water partition coefficient (Wildman–Crippen LogP) is 4.63. The molecular weight excluding hydrogens is 392 g/mol. The van der Waals surface area contributed by atoms with Crippen LogP contribution in [-0.4, -0.2) is 28.2 Å². The van der Waals surface area contributed by atoms with Gasteiger partial charge in [-0.2, -0.15) is 0 Å². The number of anilines is 2. The lowest BCUT2D eigenvalue weighted by atomic mass is 9.86. The van der Waals surface area contributed by atoms with Gasteiger partial charge in [0.15, 0.2) is 5.82 Å². The van der Waals surface area contributed by atoms with Gasteiger partial charge in [-0.3, -0.25) is 4.57 Å². The monoisotopic (exact) mass is 412 g/mol. The summed E-state index contributed by atoms with van der Waals surface area (Å²) in [6, 6.07) is 6.45. The van der Waals surface area contributed by atoms with Crippen LogP contribution in [0.15, 0.2) is 36.7 Å². The Hall–Kier alpha value is -3.06. The van der Waals surface area contributed by atoms with Crippen molar-refractivity contribution in [3.05, 3.63) is 52.8 Å². The number of halogens is 1. The zero-order valence-corrected chi connectivity index (χ0v) is 16.7. The Morgan fingerprint density at radius 3 is 2.83 bits per heavy atom. The Balaban J connectivity index is 1.76. The number of primary amides is 1. The van der Waals surface area contributed by atoms with Crippen molar-refractivity contribution >= 4 is 46.0 Å². The van der Waals surface area contributed by atoms with Crippen molar-refractivity contribution in [2.24, 2.45) is 11.7 Å². The fourth-order valence-corrected chi connectivity index (χ4v) is 3.70. The summed E-state index contributed by atoms with van der Waals surface area (Å²) in [7, 11) is 0. The third-order valence-corrected chi connectivity index (χ3v) is 5.47. The quantitative estimate of drug-likeness (QED) is 0.595. The molecule has 2 aromatic heterocycles. The van der Waals surface area contributed by atoms with E-state index in [-0.39, 0.29) is 0 Å². The van der Waals surface area contributed by atoms with Gasteiger partial charge in [-0.1, -0.05) is 24.1 Å². The van der Waals surface area contributed by atoms with Crippen LogP contribution in [0.25, 0.3) is 10.9 Å². The van der Waals surface area contributed by atoms with E-state index < -0.39 is 12.0 Å². The van der Waals surface area contributed by atoms with Crippen molar-refractivity contribution in [1.29, 1.82) is 0 Å². The van der Waals surface area contributed by atoms with Crippen LogP contribution in [0.3, 0.4) is 0 Å². The molecule has 0 aliphatic heterocycles. The molecule has 1 aliphatic carbocycles. The molecule has 1 fully saturated rings. The van der Waals surface area contributed by atoms with Crippen molar-refractivity contribution in [3.63, 3.8) is 0 Å². The number of aromatic nitrogens is 2. The van der Waals surface area contributed by atoms with E-state index in [2.05, 4.69) is 10.3 Å². The van der Waals surface area contributed by atoms with E-state index in [4.69, 9.17) is 22.1 Å². The highest BCUT2D eigenvalue weighted by atomic mass is 35.5. The number of fused-ring (bicyclic) bond motifs is 1. The third-order valence-electron chi connectivity index (χ3n) is 5.23. The van der Waals surface area contributed by atoms with Crippen molar-refractivity contribution in [2.45, 2.75) is 26.2 Å². The fourth-order valence-electron chi connectivity index (χ4n) is 3.51. The molecule has 0 bridgehead atoms. The second-order valence-corrected chi connectivity index (χ2v) is 7.73. The van der Waals surface area contributed by atoms with Crippen LogP contribution in [0.1, 0.15) is 35.2 Å². The molecule has 0 spiro atoms. The van der Waals surface area contributed by atoms with E-state index in [1.54, 1.807) is 24.4 Å². The zero-order valence-electron chi connectivity index (χ0n) is 15.9. The average Bonchev–Trinajstić information content (AvgIpc) is 2.99. The lowest BCUT2D eigenvalue weighted by molar-refractivity contribution is 0.0373. The number of rotatable bonds is 5. The second-order valence-electron chi connectivity index (χ2n) is 7.30. The molecule has 0 radical (unpaired) electrons. The van der Waals surface area contributed by atoms with Crippen molar-refractivity contribution < 1.29 is 14.3 Å². The first-order chi connectivity index (χ1) is 13.9. The molecule has 3 N–H and O–H groups in total. The largest absolute Gasteiger partial charge is 0.462 e. The highest BCUT2D eigenvalue weighted by molar-refractivity contribution is 6.30. The number of nitrogens with two attached hydrogens (primary N) is 1. The lowest BCUT2D eigenvalue weighted by Gasteiger charge is -2.24. The van der Waals surface area contributed by atoms with Gasteiger partial charge in [0, 0.05) is 28.5 Å². The van der Waals surface area contributed by atoms with Crippen LogP contribution < -0.4 is 11.1 Å². The summed E-state index contributed by atoms with van der Waals surface area (Å²) in [4.78, 5) is 29.1. The van der Waals surface area contributed by atoms with Crippen molar-refractivity contribution in [3.8, 4) is 0 Å². The molecule has 1 amide bonds. The normalized spacial score (nSPS) is 13.9. The molecule has 0 atom stereocenters. The van der Waals surface area contributed by atoms with Crippen LogP contribution in [0, 0.1) is 12.8 Å². The smallest absolute Gasteiger partial charge is 0.340 e. The van der Waals surface area contributed by atoms with E-state index in [0.29, 0.717) is 45.5 Å². The predicted molar refractivity (Wildman–Crippen MR) is 112 cm³/mol. The number of esters is 1. The van der Waals surface area contributed by atoms with Crippen LogP contribution in [0.2, 0.25) is 5.02 Å². The van der Waals surface area contributed by atoms with Gasteiger partial charge in [0.1, 0.15) is 5.52 Å². The van der Waals surface area contributed by atoms with Gasteiger partial charge in [0.25, 0.3) is 0 Å². The number of hydrogen-bond donors (Lipinski definition) is 2. The number of hydrogen-bond acceptors (Lipinski definition) is 5. The van der Waals surface area contributed by atoms with Gasteiger partial charge in [-0.05, 0) is 49.4 Å². The molecular formula is C21H21ClN4O3. The maximum atomic E-state index is 12.7. The summed E-state index contributed by atoms with van der Waals surface area (Å²) < 4.78 is 6.78. The molecule has 150 valence electrons. The van der Waals surface area contributed by atoms with Gasteiger partial charge in [0.05, 0.1) is 12.2 Å². The molecule has 29 heavy (non-hydrogen) atoms. The number of carbonyl (C=O) groups is 2. The summed E-state index contributed by atoms with van der Waals surface area (Å²) in [5, 5.41) is 4.30. The minimum Gasteiger partial charge on any atom is -0.462 e. The Labute approximate surface area is 172 Å². The van der Waals surface area contributed by atoms with E-state index in [1.165, 1.54) is 17.2 Å². The molecule has 4 rings (SSSR count). The number of aryl methyl sites for hydroxylation is 1. The first-order valence-corrected chi connectivity index (χ1v) is 9.82. The Morgan fingerprint density at radius 1 is 1.38 bits per heavy atom. The molecule has 1 aliphatic rings. The number of amides is 1. The van der Waals surface area contributed by atoms with Gasteiger partial charge in [-0.25, -0.2) is 14.6 Å². The molecule has 3 aromatic rings. The number of ether oxygens (including phenoxy) is 1.